The number of hydrogen-bond donors (Lipinski definition) is 1. The minimum absolute atomic E-state index is 0.0250. The number of rotatable bonds is 4. The second kappa shape index (κ2) is 4.78. The standard InChI is InChI=1S/C11H19NO2/c13-11(10-3-1-2-7-12-10)14-8-6-9-4-5-9/h9-10,12H,1-8H2/t10-/m1/s1. The van der Waals surface area contributed by atoms with Crippen LogP contribution in [-0.4, -0.2) is 25.2 Å². The van der Waals surface area contributed by atoms with Crippen molar-refractivity contribution in [2.24, 2.45) is 5.92 Å². The molecule has 1 saturated carbocycles. The van der Waals surface area contributed by atoms with Crippen LogP contribution in [0.2, 0.25) is 0 Å². The number of carbonyl (C=O) groups is 1. The summed E-state index contributed by atoms with van der Waals surface area (Å²) < 4.78 is 5.23. The van der Waals surface area contributed by atoms with E-state index in [4.69, 9.17) is 4.74 Å². The molecule has 1 atom stereocenters. The zero-order valence-corrected chi connectivity index (χ0v) is 8.63. The number of ether oxygens (including phenoxy) is 1. The van der Waals surface area contributed by atoms with E-state index in [9.17, 15) is 4.79 Å². The van der Waals surface area contributed by atoms with Gasteiger partial charge in [-0.05, 0) is 31.7 Å². The Morgan fingerprint density at radius 2 is 2.14 bits per heavy atom. The van der Waals surface area contributed by atoms with Gasteiger partial charge in [-0.1, -0.05) is 19.3 Å². The molecule has 0 radical (unpaired) electrons. The highest BCUT2D eigenvalue weighted by Gasteiger charge is 2.24. The van der Waals surface area contributed by atoms with Gasteiger partial charge in [-0.25, -0.2) is 0 Å². The summed E-state index contributed by atoms with van der Waals surface area (Å²) in [5.74, 6) is 0.812. The van der Waals surface area contributed by atoms with Crippen molar-refractivity contribution in [3.63, 3.8) is 0 Å². The third-order valence-electron chi connectivity index (χ3n) is 3.06. The van der Waals surface area contributed by atoms with Crippen LogP contribution in [0.3, 0.4) is 0 Å². The van der Waals surface area contributed by atoms with E-state index < -0.39 is 0 Å². The molecule has 1 aliphatic heterocycles. The average Bonchev–Trinajstić information content (AvgIpc) is 3.03. The second-order valence-corrected chi connectivity index (χ2v) is 4.40. The van der Waals surface area contributed by atoms with Crippen LogP contribution in [0.5, 0.6) is 0 Å². The molecule has 3 nitrogen and oxygen atoms in total. The van der Waals surface area contributed by atoms with Gasteiger partial charge in [-0.3, -0.25) is 4.79 Å². The zero-order chi connectivity index (χ0) is 9.80. The Kier molecular flexibility index (Phi) is 3.40. The van der Waals surface area contributed by atoms with Crippen LogP contribution < -0.4 is 5.32 Å². The van der Waals surface area contributed by atoms with E-state index in [0.29, 0.717) is 6.61 Å². The number of nitrogens with one attached hydrogen (secondary N) is 1. The van der Waals surface area contributed by atoms with Gasteiger partial charge in [0.1, 0.15) is 6.04 Å². The Bertz CT molecular complexity index is 195. The Balaban J connectivity index is 1.60. The molecule has 2 fully saturated rings. The van der Waals surface area contributed by atoms with Gasteiger partial charge in [0.2, 0.25) is 0 Å². The van der Waals surface area contributed by atoms with Crippen LogP contribution in [0.4, 0.5) is 0 Å². The lowest BCUT2D eigenvalue weighted by Gasteiger charge is -2.21. The van der Waals surface area contributed by atoms with Gasteiger partial charge in [0.25, 0.3) is 0 Å². The van der Waals surface area contributed by atoms with Crippen LogP contribution >= 0.6 is 0 Å². The molecule has 0 spiro atoms. The molecule has 3 heteroatoms. The summed E-state index contributed by atoms with van der Waals surface area (Å²) in [6.07, 6.45) is 7.01. The molecule has 0 bridgehead atoms. The first-order valence-corrected chi connectivity index (χ1v) is 5.76. The number of esters is 1. The van der Waals surface area contributed by atoms with Crippen molar-refractivity contribution in [1.82, 2.24) is 5.32 Å². The molecule has 2 aliphatic rings. The molecule has 0 aromatic heterocycles. The highest BCUT2D eigenvalue weighted by atomic mass is 16.5. The first kappa shape index (κ1) is 9.97. The van der Waals surface area contributed by atoms with Gasteiger partial charge in [0.05, 0.1) is 6.61 Å². The van der Waals surface area contributed by atoms with Gasteiger partial charge >= 0.3 is 5.97 Å². The quantitative estimate of drug-likeness (QED) is 0.694. The average molecular weight is 197 g/mol. The molecule has 1 saturated heterocycles. The van der Waals surface area contributed by atoms with Crippen molar-refractivity contribution in [2.75, 3.05) is 13.2 Å². The van der Waals surface area contributed by atoms with E-state index in [1.165, 1.54) is 19.3 Å². The summed E-state index contributed by atoms with van der Waals surface area (Å²) in [5.41, 5.74) is 0. The van der Waals surface area contributed by atoms with Crippen molar-refractivity contribution >= 4 is 5.97 Å². The van der Waals surface area contributed by atoms with E-state index >= 15 is 0 Å². The summed E-state index contributed by atoms with van der Waals surface area (Å²) in [6.45, 7) is 1.59. The van der Waals surface area contributed by atoms with E-state index in [1.807, 2.05) is 0 Å². The summed E-state index contributed by atoms with van der Waals surface area (Å²) in [4.78, 5) is 11.5. The van der Waals surface area contributed by atoms with Crippen LogP contribution in [0.1, 0.15) is 38.5 Å². The number of piperidine rings is 1. The zero-order valence-electron chi connectivity index (χ0n) is 8.63. The highest BCUT2D eigenvalue weighted by Crippen LogP contribution is 2.32. The highest BCUT2D eigenvalue weighted by molar-refractivity contribution is 5.75. The molecule has 14 heavy (non-hydrogen) atoms. The van der Waals surface area contributed by atoms with E-state index in [0.717, 1.165) is 31.7 Å². The first-order chi connectivity index (χ1) is 6.86. The van der Waals surface area contributed by atoms with Crippen molar-refractivity contribution in [3.05, 3.63) is 0 Å². The second-order valence-electron chi connectivity index (χ2n) is 4.40. The number of carbonyl (C=O) groups excluding carboxylic acids is 1. The fourth-order valence-corrected chi connectivity index (χ4v) is 1.89. The van der Waals surface area contributed by atoms with Crippen molar-refractivity contribution < 1.29 is 9.53 Å². The lowest BCUT2D eigenvalue weighted by atomic mass is 10.1. The Morgan fingerprint density at radius 1 is 1.29 bits per heavy atom. The largest absolute Gasteiger partial charge is 0.465 e. The molecular formula is C11H19NO2. The number of hydrogen-bond acceptors (Lipinski definition) is 3. The summed E-state index contributed by atoms with van der Waals surface area (Å²) in [5, 5.41) is 3.20. The smallest absolute Gasteiger partial charge is 0.323 e. The van der Waals surface area contributed by atoms with E-state index in [2.05, 4.69) is 5.32 Å². The molecule has 80 valence electrons. The fraction of sp³-hybridized carbons (Fsp3) is 0.909. The molecule has 0 aromatic carbocycles. The molecule has 0 amide bonds. The van der Waals surface area contributed by atoms with Gasteiger partial charge in [0.15, 0.2) is 0 Å². The third-order valence-corrected chi connectivity index (χ3v) is 3.06. The molecule has 0 aromatic rings. The third kappa shape index (κ3) is 2.98. The normalized spacial score (nSPS) is 27.3. The van der Waals surface area contributed by atoms with Crippen molar-refractivity contribution in [1.29, 1.82) is 0 Å². The van der Waals surface area contributed by atoms with Gasteiger partial charge < -0.3 is 10.1 Å². The monoisotopic (exact) mass is 197 g/mol. The molecule has 2 rings (SSSR count). The van der Waals surface area contributed by atoms with Gasteiger partial charge in [-0.2, -0.15) is 0 Å². The van der Waals surface area contributed by atoms with Gasteiger partial charge in [0, 0.05) is 0 Å². The predicted molar refractivity (Wildman–Crippen MR) is 53.9 cm³/mol. The minimum Gasteiger partial charge on any atom is -0.465 e. The maximum atomic E-state index is 11.5. The van der Waals surface area contributed by atoms with Crippen LogP contribution in [-0.2, 0) is 9.53 Å². The van der Waals surface area contributed by atoms with Gasteiger partial charge in [-0.15, -0.1) is 0 Å². The molecule has 0 unspecified atom stereocenters. The van der Waals surface area contributed by atoms with Crippen molar-refractivity contribution in [3.8, 4) is 0 Å². The Labute approximate surface area is 85.2 Å². The van der Waals surface area contributed by atoms with E-state index in [-0.39, 0.29) is 12.0 Å². The predicted octanol–water partition coefficient (Wildman–Crippen LogP) is 1.47. The van der Waals surface area contributed by atoms with Crippen LogP contribution in [0.25, 0.3) is 0 Å². The molecule has 1 aliphatic carbocycles. The molecule has 1 heterocycles. The summed E-state index contributed by atoms with van der Waals surface area (Å²) in [7, 11) is 0. The fourth-order valence-electron chi connectivity index (χ4n) is 1.89. The lowest BCUT2D eigenvalue weighted by molar-refractivity contribution is -0.147. The van der Waals surface area contributed by atoms with Crippen LogP contribution in [0, 0.1) is 5.92 Å². The molecular weight excluding hydrogens is 178 g/mol. The van der Waals surface area contributed by atoms with Crippen LogP contribution in [0.15, 0.2) is 0 Å². The Morgan fingerprint density at radius 3 is 2.79 bits per heavy atom. The topological polar surface area (TPSA) is 38.3 Å². The summed E-state index contributed by atoms with van der Waals surface area (Å²) in [6, 6.07) is -0.0250. The van der Waals surface area contributed by atoms with E-state index in [1.54, 1.807) is 0 Å². The summed E-state index contributed by atoms with van der Waals surface area (Å²) >= 11 is 0. The maximum absolute atomic E-state index is 11.5. The maximum Gasteiger partial charge on any atom is 0.323 e. The minimum atomic E-state index is -0.0367. The Hall–Kier alpha value is -0.570. The lowest BCUT2D eigenvalue weighted by Crippen LogP contribution is -2.41. The SMILES string of the molecule is O=C(OCCC1CC1)[C@H]1CCCCN1. The van der Waals surface area contributed by atoms with Crippen molar-refractivity contribution in [2.45, 2.75) is 44.6 Å². The first-order valence-electron chi connectivity index (χ1n) is 5.76. The molecule has 1 N–H and O–H groups in total.